The number of aliphatic hydroxyl groups excluding tert-OH is 1. The van der Waals surface area contributed by atoms with E-state index in [4.69, 9.17) is 4.74 Å². The van der Waals surface area contributed by atoms with E-state index in [2.05, 4.69) is 22.1 Å². The minimum Gasteiger partial charge on any atom is -0.385 e. The Kier molecular flexibility index (Phi) is 4.57. The molecule has 2 aliphatic rings. The van der Waals surface area contributed by atoms with E-state index < -0.39 is 6.10 Å². The Bertz CT molecular complexity index is 450. The van der Waals surface area contributed by atoms with Gasteiger partial charge in [-0.2, -0.15) is 0 Å². The molecule has 0 aromatic carbocycles. The van der Waals surface area contributed by atoms with Gasteiger partial charge in [-0.05, 0) is 19.3 Å². The lowest BCUT2D eigenvalue weighted by Gasteiger charge is -2.46. The lowest BCUT2D eigenvalue weighted by Crippen LogP contribution is -2.55. The predicted octanol–water partition coefficient (Wildman–Crippen LogP) is 1.37. The lowest BCUT2D eigenvalue weighted by molar-refractivity contribution is -0.0799. The van der Waals surface area contributed by atoms with Gasteiger partial charge < -0.3 is 9.84 Å². The summed E-state index contributed by atoms with van der Waals surface area (Å²) in [6.07, 6.45) is 6.68. The zero-order valence-electron chi connectivity index (χ0n) is 12.9. The molecule has 1 aliphatic heterocycles. The van der Waals surface area contributed by atoms with E-state index in [1.807, 2.05) is 4.68 Å². The third-order valence-electron chi connectivity index (χ3n) is 4.98. The summed E-state index contributed by atoms with van der Waals surface area (Å²) >= 11 is 0. The maximum absolute atomic E-state index is 11.1. The summed E-state index contributed by atoms with van der Waals surface area (Å²) in [7, 11) is 0. The van der Waals surface area contributed by atoms with Crippen molar-refractivity contribution in [3.63, 3.8) is 0 Å². The van der Waals surface area contributed by atoms with Gasteiger partial charge in [-0.3, -0.25) is 4.90 Å². The van der Waals surface area contributed by atoms with Crippen molar-refractivity contribution in [2.75, 3.05) is 26.3 Å². The summed E-state index contributed by atoms with van der Waals surface area (Å²) < 4.78 is 7.35. The molecule has 21 heavy (non-hydrogen) atoms. The zero-order valence-corrected chi connectivity index (χ0v) is 12.9. The molecule has 0 spiro atoms. The molecular formula is C15H26N4O2. The van der Waals surface area contributed by atoms with Crippen molar-refractivity contribution in [3.05, 3.63) is 11.9 Å². The van der Waals surface area contributed by atoms with Crippen LogP contribution in [0, 0.1) is 0 Å². The first kappa shape index (κ1) is 14.9. The number of rotatable bonds is 5. The Hall–Kier alpha value is -0.980. The van der Waals surface area contributed by atoms with Crippen LogP contribution in [0.4, 0.5) is 0 Å². The van der Waals surface area contributed by atoms with Crippen molar-refractivity contribution in [1.29, 1.82) is 0 Å². The van der Waals surface area contributed by atoms with Gasteiger partial charge in [0.15, 0.2) is 0 Å². The number of aromatic nitrogens is 3. The monoisotopic (exact) mass is 294 g/mol. The van der Waals surface area contributed by atoms with Crippen LogP contribution in [0.2, 0.25) is 0 Å². The molecule has 6 heteroatoms. The summed E-state index contributed by atoms with van der Waals surface area (Å²) in [5.74, 6) is 0. The van der Waals surface area contributed by atoms with Crippen LogP contribution in [0.25, 0.3) is 0 Å². The topological polar surface area (TPSA) is 63.4 Å². The molecule has 2 heterocycles. The first-order valence-electron chi connectivity index (χ1n) is 8.17. The predicted molar refractivity (Wildman–Crippen MR) is 78.9 cm³/mol. The molecule has 6 nitrogen and oxygen atoms in total. The highest BCUT2D eigenvalue weighted by Crippen LogP contribution is 2.44. The Morgan fingerprint density at radius 1 is 1.33 bits per heavy atom. The molecule has 2 fully saturated rings. The minimum absolute atomic E-state index is 0.156. The fourth-order valence-electron chi connectivity index (χ4n) is 3.90. The van der Waals surface area contributed by atoms with Gasteiger partial charge in [-0.15, -0.1) is 5.10 Å². The molecule has 0 amide bonds. The minimum atomic E-state index is -0.514. The van der Waals surface area contributed by atoms with Crippen LogP contribution in [-0.4, -0.2) is 56.8 Å². The van der Waals surface area contributed by atoms with Crippen LogP contribution in [0.1, 0.15) is 50.8 Å². The molecule has 3 rings (SSSR count). The number of aliphatic hydroxyl groups is 1. The fourth-order valence-corrected chi connectivity index (χ4v) is 3.90. The standard InChI is InChI=1S/C15H26N4O2/c1-2-7-19-13(12-16-17-19)14(20)15(5-3-4-6-15)18-8-10-21-11-9-18/h12,14,20H,2-11H2,1H3. The Balaban J connectivity index is 1.87. The summed E-state index contributed by atoms with van der Waals surface area (Å²) in [4.78, 5) is 2.44. The van der Waals surface area contributed by atoms with Crippen LogP contribution >= 0.6 is 0 Å². The highest BCUT2D eigenvalue weighted by atomic mass is 16.5. The second kappa shape index (κ2) is 6.42. The van der Waals surface area contributed by atoms with Crippen LogP contribution in [-0.2, 0) is 11.3 Å². The summed E-state index contributed by atoms with van der Waals surface area (Å²) in [5.41, 5.74) is 0.710. The molecule has 0 radical (unpaired) electrons. The fraction of sp³-hybridized carbons (Fsp3) is 0.867. The third-order valence-corrected chi connectivity index (χ3v) is 4.98. The SMILES string of the molecule is CCCn1nncc1C(O)C1(N2CCOCC2)CCCC1. The number of hydrogen-bond donors (Lipinski definition) is 1. The molecule has 1 saturated carbocycles. The van der Waals surface area contributed by atoms with Gasteiger partial charge in [-0.1, -0.05) is 25.0 Å². The third kappa shape index (κ3) is 2.72. The van der Waals surface area contributed by atoms with Gasteiger partial charge in [0.05, 0.1) is 30.6 Å². The summed E-state index contributed by atoms with van der Waals surface area (Å²) in [5, 5.41) is 19.3. The normalized spacial score (nSPS) is 24.3. The van der Waals surface area contributed by atoms with Crippen molar-refractivity contribution in [2.45, 2.75) is 57.2 Å². The van der Waals surface area contributed by atoms with Crippen molar-refractivity contribution in [1.82, 2.24) is 19.9 Å². The zero-order chi connectivity index (χ0) is 14.7. The van der Waals surface area contributed by atoms with Gasteiger partial charge in [0, 0.05) is 19.6 Å². The summed E-state index contributed by atoms with van der Waals surface area (Å²) in [6, 6.07) is 0. The van der Waals surface area contributed by atoms with E-state index in [0.29, 0.717) is 0 Å². The van der Waals surface area contributed by atoms with Gasteiger partial charge in [-0.25, -0.2) is 4.68 Å². The van der Waals surface area contributed by atoms with E-state index in [1.54, 1.807) is 6.20 Å². The van der Waals surface area contributed by atoms with Crippen LogP contribution in [0.15, 0.2) is 6.20 Å². The Morgan fingerprint density at radius 2 is 2.05 bits per heavy atom. The van der Waals surface area contributed by atoms with E-state index >= 15 is 0 Å². The van der Waals surface area contributed by atoms with Gasteiger partial charge in [0.25, 0.3) is 0 Å². The van der Waals surface area contributed by atoms with Crippen LogP contribution < -0.4 is 0 Å². The molecule has 1 saturated heterocycles. The summed E-state index contributed by atoms with van der Waals surface area (Å²) in [6.45, 7) is 6.28. The van der Waals surface area contributed by atoms with Gasteiger partial charge >= 0.3 is 0 Å². The first-order chi connectivity index (χ1) is 10.3. The molecule has 1 aromatic heterocycles. The molecular weight excluding hydrogens is 268 g/mol. The average molecular weight is 294 g/mol. The van der Waals surface area contributed by atoms with Crippen LogP contribution in [0.5, 0.6) is 0 Å². The molecule has 1 N–H and O–H groups in total. The molecule has 1 aliphatic carbocycles. The highest BCUT2D eigenvalue weighted by Gasteiger charge is 2.47. The number of nitrogens with zero attached hydrogens (tertiary/aromatic N) is 4. The van der Waals surface area contributed by atoms with E-state index in [0.717, 1.165) is 57.8 Å². The van der Waals surface area contributed by atoms with Crippen molar-refractivity contribution in [2.24, 2.45) is 0 Å². The Morgan fingerprint density at radius 3 is 2.71 bits per heavy atom. The number of hydrogen-bond acceptors (Lipinski definition) is 5. The molecule has 0 bridgehead atoms. The first-order valence-corrected chi connectivity index (χ1v) is 8.17. The largest absolute Gasteiger partial charge is 0.385 e. The van der Waals surface area contributed by atoms with E-state index in [1.165, 1.54) is 12.8 Å². The smallest absolute Gasteiger partial charge is 0.116 e. The number of ether oxygens (including phenoxy) is 1. The van der Waals surface area contributed by atoms with Gasteiger partial charge in [0.2, 0.25) is 0 Å². The quantitative estimate of drug-likeness (QED) is 0.888. The maximum atomic E-state index is 11.1. The Labute approximate surface area is 126 Å². The van der Waals surface area contributed by atoms with Crippen molar-refractivity contribution in [3.8, 4) is 0 Å². The number of morpholine rings is 1. The molecule has 1 atom stereocenters. The average Bonchev–Trinajstić information content (AvgIpc) is 3.18. The number of aryl methyl sites for hydroxylation is 1. The maximum Gasteiger partial charge on any atom is 0.116 e. The van der Waals surface area contributed by atoms with E-state index in [-0.39, 0.29) is 5.54 Å². The van der Waals surface area contributed by atoms with Gasteiger partial charge in [0.1, 0.15) is 6.10 Å². The van der Waals surface area contributed by atoms with Crippen LogP contribution in [0.3, 0.4) is 0 Å². The van der Waals surface area contributed by atoms with Crippen molar-refractivity contribution >= 4 is 0 Å². The molecule has 1 aromatic rings. The molecule has 1 unspecified atom stereocenters. The second-order valence-electron chi connectivity index (χ2n) is 6.19. The second-order valence-corrected chi connectivity index (χ2v) is 6.19. The molecule has 118 valence electrons. The lowest BCUT2D eigenvalue weighted by atomic mass is 9.86. The van der Waals surface area contributed by atoms with Crippen molar-refractivity contribution < 1.29 is 9.84 Å². The highest BCUT2D eigenvalue weighted by molar-refractivity contribution is 5.12. The van der Waals surface area contributed by atoms with E-state index in [9.17, 15) is 5.11 Å².